The van der Waals surface area contributed by atoms with Crippen molar-refractivity contribution in [2.24, 2.45) is 5.73 Å². The lowest BCUT2D eigenvalue weighted by molar-refractivity contribution is 0.0897. The highest BCUT2D eigenvalue weighted by Gasteiger charge is 2.35. The minimum absolute atomic E-state index is 0. The number of nitrogens with one attached hydrogen (secondary N) is 2. The number of aromatic nitrogens is 1. The SMILES string of the molecule is CC(=O)c1c(C)[nH]c(C(=O)NC2(CN)CCCC2)c1C.Cl. The molecule has 1 aromatic heterocycles. The fourth-order valence-electron chi connectivity index (χ4n) is 3.24. The second-order valence-corrected chi connectivity index (χ2v) is 5.83. The van der Waals surface area contributed by atoms with E-state index in [1.165, 1.54) is 6.92 Å². The first kappa shape index (κ1) is 17.7. The molecule has 6 heteroatoms. The molecule has 118 valence electrons. The van der Waals surface area contributed by atoms with Crippen LogP contribution < -0.4 is 11.1 Å². The third-order valence-electron chi connectivity index (χ3n) is 4.35. The molecule has 0 radical (unpaired) electrons. The van der Waals surface area contributed by atoms with Crippen LogP contribution in [0, 0.1) is 13.8 Å². The van der Waals surface area contributed by atoms with Gasteiger partial charge in [0.2, 0.25) is 0 Å². The second-order valence-electron chi connectivity index (χ2n) is 5.83. The van der Waals surface area contributed by atoms with Crippen molar-refractivity contribution >= 4 is 24.1 Å². The van der Waals surface area contributed by atoms with Crippen molar-refractivity contribution in [2.45, 2.75) is 52.0 Å². The molecule has 1 amide bonds. The number of hydrogen-bond acceptors (Lipinski definition) is 3. The molecule has 0 unspecified atom stereocenters. The Morgan fingerprint density at radius 3 is 2.29 bits per heavy atom. The Morgan fingerprint density at radius 2 is 1.86 bits per heavy atom. The van der Waals surface area contributed by atoms with Crippen LogP contribution in [-0.2, 0) is 0 Å². The number of rotatable bonds is 4. The fraction of sp³-hybridized carbons (Fsp3) is 0.600. The summed E-state index contributed by atoms with van der Waals surface area (Å²) in [6.07, 6.45) is 4.04. The van der Waals surface area contributed by atoms with E-state index in [1.807, 2.05) is 6.92 Å². The van der Waals surface area contributed by atoms with Crippen molar-refractivity contribution in [1.82, 2.24) is 10.3 Å². The van der Waals surface area contributed by atoms with Crippen LogP contribution in [0.15, 0.2) is 0 Å². The van der Waals surface area contributed by atoms with E-state index in [0.717, 1.165) is 36.9 Å². The van der Waals surface area contributed by atoms with E-state index in [-0.39, 0.29) is 29.6 Å². The molecule has 0 atom stereocenters. The third-order valence-corrected chi connectivity index (χ3v) is 4.35. The van der Waals surface area contributed by atoms with Crippen LogP contribution in [0.25, 0.3) is 0 Å². The summed E-state index contributed by atoms with van der Waals surface area (Å²) >= 11 is 0. The lowest BCUT2D eigenvalue weighted by Crippen LogP contribution is -2.51. The summed E-state index contributed by atoms with van der Waals surface area (Å²) < 4.78 is 0. The molecule has 21 heavy (non-hydrogen) atoms. The van der Waals surface area contributed by atoms with Crippen LogP contribution in [0.4, 0.5) is 0 Å². The van der Waals surface area contributed by atoms with E-state index in [2.05, 4.69) is 10.3 Å². The van der Waals surface area contributed by atoms with Gasteiger partial charge in [0, 0.05) is 17.8 Å². The molecule has 0 bridgehead atoms. The van der Waals surface area contributed by atoms with Crippen molar-refractivity contribution in [3.63, 3.8) is 0 Å². The quantitative estimate of drug-likeness (QED) is 0.745. The van der Waals surface area contributed by atoms with Gasteiger partial charge in [-0.3, -0.25) is 9.59 Å². The van der Waals surface area contributed by atoms with Crippen LogP contribution in [0.3, 0.4) is 0 Å². The van der Waals surface area contributed by atoms with Crippen LogP contribution in [-0.4, -0.2) is 28.8 Å². The Bertz CT molecular complexity index is 545. The minimum atomic E-state index is -0.279. The standard InChI is InChI=1S/C15H23N3O2.ClH/c1-9-12(11(3)19)10(2)17-13(9)14(20)18-15(8-16)6-4-5-7-15;/h17H,4-8,16H2,1-3H3,(H,18,20);1H. The molecule has 2 rings (SSSR count). The maximum absolute atomic E-state index is 12.5. The molecule has 0 aliphatic heterocycles. The van der Waals surface area contributed by atoms with Crippen molar-refractivity contribution in [1.29, 1.82) is 0 Å². The number of nitrogens with two attached hydrogens (primary N) is 1. The van der Waals surface area contributed by atoms with E-state index >= 15 is 0 Å². The second kappa shape index (κ2) is 6.62. The molecule has 1 fully saturated rings. The van der Waals surface area contributed by atoms with Crippen LogP contribution in [0.5, 0.6) is 0 Å². The van der Waals surface area contributed by atoms with E-state index < -0.39 is 0 Å². The number of ketones is 1. The number of carbonyl (C=O) groups is 2. The number of aromatic amines is 1. The lowest BCUT2D eigenvalue weighted by Gasteiger charge is -2.28. The Labute approximate surface area is 131 Å². The van der Waals surface area contributed by atoms with E-state index in [9.17, 15) is 9.59 Å². The first-order chi connectivity index (χ1) is 9.40. The third kappa shape index (κ3) is 3.30. The predicted molar refractivity (Wildman–Crippen MR) is 85.2 cm³/mol. The first-order valence-electron chi connectivity index (χ1n) is 7.13. The Kier molecular flexibility index (Phi) is 5.59. The van der Waals surface area contributed by atoms with Gasteiger partial charge in [-0.25, -0.2) is 0 Å². The number of carbonyl (C=O) groups excluding carboxylic acids is 2. The van der Waals surface area contributed by atoms with Gasteiger partial charge in [-0.1, -0.05) is 12.8 Å². The molecule has 1 aliphatic carbocycles. The minimum Gasteiger partial charge on any atom is -0.354 e. The van der Waals surface area contributed by atoms with Crippen LogP contribution >= 0.6 is 12.4 Å². The highest BCUT2D eigenvalue weighted by Crippen LogP contribution is 2.29. The van der Waals surface area contributed by atoms with Crippen molar-refractivity contribution in [3.05, 3.63) is 22.5 Å². The maximum atomic E-state index is 12.5. The van der Waals surface area contributed by atoms with Gasteiger partial charge < -0.3 is 16.0 Å². The summed E-state index contributed by atoms with van der Waals surface area (Å²) in [5, 5.41) is 3.07. The van der Waals surface area contributed by atoms with Crippen molar-refractivity contribution in [2.75, 3.05) is 6.54 Å². The number of amides is 1. The molecule has 4 N–H and O–H groups in total. The van der Waals surface area contributed by atoms with Gasteiger partial charge in [0.05, 0.1) is 5.54 Å². The van der Waals surface area contributed by atoms with E-state index in [0.29, 0.717) is 17.8 Å². The number of halogens is 1. The predicted octanol–water partition coefficient (Wildman–Crippen LogP) is 2.26. The monoisotopic (exact) mass is 313 g/mol. The molecular formula is C15H24ClN3O2. The molecule has 0 aromatic carbocycles. The topological polar surface area (TPSA) is 88.0 Å². The molecule has 0 spiro atoms. The van der Waals surface area contributed by atoms with Crippen LogP contribution in [0.2, 0.25) is 0 Å². The molecule has 1 saturated carbocycles. The normalized spacial score (nSPS) is 16.4. The summed E-state index contributed by atoms with van der Waals surface area (Å²) in [6, 6.07) is 0. The maximum Gasteiger partial charge on any atom is 0.268 e. The van der Waals surface area contributed by atoms with Gasteiger partial charge in [0.15, 0.2) is 5.78 Å². The molecular weight excluding hydrogens is 290 g/mol. The average Bonchev–Trinajstić information content (AvgIpc) is 2.95. The Morgan fingerprint density at radius 1 is 1.29 bits per heavy atom. The molecule has 1 aromatic rings. The smallest absolute Gasteiger partial charge is 0.268 e. The number of hydrogen-bond donors (Lipinski definition) is 3. The Balaban J connectivity index is 0.00000220. The van der Waals surface area contributed by atoms with E-state index in [4.69, 9.17) is 5.73 Å². The Hall–Kier alpha value is -1.33. The van der Waals surface area contributed by atoms with Gasteiger partial charge in [-0.15, -0.1) is 12.4 Å². The van der Waals surface area contributed by atoms with Crippen molar-refractivity contribution in [3.8, 4) is 0 Å². The van der Waals surface area contributed by atoms with E-state index in [1.54, 1.807) is 6.92 Å². The molecule has 5 nitrogen and oxygen atoms in total. The largest absolute Gasteiger partial charge is 0.354 e. The molecule has 1 aliphatic rings. The van der Waals surface area contributed by atoms with Crippen molar-refractivity contribution < 1.29 is 9.59 Å². The zero-order valence-electron chi connectivity index (χ0n) is 12.8. The lowest BCUT2D eigenvalue weighted by atomic mass is 9.97. The van der Waals surface area contributed by atoms with Crippen LogP contribution in [0.1, 0.15) is 64.7 Å². The number of aryl methyl sites for hydroxylation is 1. The van der Waals surface area contributed by atoms with Gasteiger partial charge in [-0.2, -0.15) is 0 Å². The zero-order chi connectivity index (χ0) is 14.9. The summed E-state index contributed by atoms with van der Waals surface area (Å²) in [4.78, 5) is 27.1. The molecule has 0 saturated heterocycles. The summed E-state index contributed by atoms with van der Waals surface area (Å²) in [6.45, 7) is 5.59. The zero-order valence-corrected chi connectivity index (χ0v) is 13.7. The number of Topliss-reactive ketones (excluding diaryl/α,β-unsaturated/α-hetero) is 1. The summed E-state index contributed by atoms with van der Waals surface area (Å²) in [7, 11) is 0. The fourth-order valence-corrected chi connectivity index (χ4v) is 3.24. The highest BCUT2D eigenvalue weighted by molar-refractivity contribution is 6.02. The van der Waals surface area contributed by atoms with Gasteiger partial charge in [0.1, 0.15) is 5.69 Å². The summed E-state index contributed by atoms with van der Waals surface area (Å²) in [5.41, 5.74) is 8.12. The molecule has 1 heterocycles. The van der Waals surface area contributed by atoms with Gasteiger partial charge in [-0.05, 0) is 39.2 Å². The summed E-state index contributed by atoms with van der Waals surface area (Å²) in [5.74, 6) is -0.185. The van der Waals surface area contributed by atoms with Gasteiger partial charge in [0.25, 0.3) is 5.91 Å². The average molecular weight is 314 g/mol. The van der Waals surface area contributed by atoms with Gasteiger partial charge >= 0.3 is 0 Å². The first-order valence-corrected chi connectivity index (χ1v) is 7.13. The highest BCUT2D eigenvalue weighted by atomic mass is 35.5. The number of H-pyrrole nitrogens is 1.